The van der Waals surface area contributed by atoms with Crippen LogP contribution in [0.1, 0.15) is 24.8 Å². The fourth-order valence-electron chi connectivity index (χ4n) is 1.78. The van der Waals surface area contributed by atoms with E-state index >= 15 is 0 Å². The van der Waals surface area contributed by atoms with Crippen LogP contribution >= 0.6 is 12.4 Å². The first-order valence-corrected chi connectivity index (χ1v) is 5.04. The van der Waals surface area contributed by atoms with E-state index in [4.69, 9.17) is 8.94 Å². The maximum absolute atomic E-state index is 5.19. The van der Waals surface area contributed by atoms with Crippen LogP contribution in [0.3, 0.4) is 0 Å². The van der Waals surface area contributed by atoms with E-state index in [1.165, 1.54) is 0 Å². The van der Waals surface area contributed by atoms with Crippen LogP contribution in [0.2, 0.25) is 0 Å². The van der Waals surface area contributed by atoms with Crippen molar-refractivity contribution in [3.05, 3.63) is 24.3 Å². The van der Waals surface area contributed by atoms with Gasteiger partial charge in [0.05, 0.1) is 12.3 Å². The molecule has 1 fully saturated rings. The Balaban J connectivity index is 0.000000963. The number of nitrogens with zero attached hydrogens (tertiary/aromatic N) is 2. The third-order valence-corrected chi connectivity index (χ3v) is 2.54. The number of halogens is 1. The predicted molar refractivity (Wildman–Crippen MR) is 59.2 cm³/mol. The lowest BCUT2D eigenvalue weighted by atomic mass is 10.2. The summed E-state index contributed by atoms with van der Waals surface area (Å²) in [7, 11) is 0. The Kier molecular flexibility index (Phi) is 3.26. The average molecular weight is 242 g/mol. The van der Waals surface area contributed by atoms with Crippen LogP contribution in [0.5, 0.6) is 0 Å². The second-order valence-electron chi connectivity index (χ2n) is 3.58. The van der Waals surface area contributed by atoms with Crippen molar-refractivity contribution in [2.24, 2.45) is 0 Å². The summed E-state index contributed by atoms with van der Waals surface area (Å²) in [5, 5.41) is 7.19. The Morgan fingerprint density at radius 1 is 1.44 bits per heavy atom. The van der Waals surface area contributed by atoms with Crippen LogP contribution in [0, 0.1) is 0 Å². The van der Waals surface area contributed by atoms with Gasteiger partial charge in [0.25, 0.3) is 0 Å². The van der Waals surface area contributed by atoms with Gasteiger partial charge < -0.3 is 14.3 Å². The highest BCUT2D eigenvalue weighted by Crippen LogP contribution is 2.24. The SMILES string of the molecule is Cl.c1coc(-c2noc([C@@H]3CCCN3)n2)c1. The molecule has 0 unspecified atom stereocenters. The van der Waals surface area contributed by atoms with Gasteiger partial charge in [0.2, 0.25) is 11.7 Å². The molecule has 1 saturated heterocycles. The Morgan fingerprint density at radius 2 is 2.38 bits per heavy atom. The summed E-state index contributed by atoms with van der Waals surface area (Å²) in [6.07, 6.45) is 3.81. The average Bonchev–Trinajstić information content (AvgIpc) is 3.02. The van der Waals surface area contributed by atoms with Crippen LogP contribution in [0.25, 0.3) is 11.6 Å². The summed E-state index contributed by atoms with van der Waals surface area (Å²) in [5.41, 5.74) is 0. The molecule has 16 heavy (non-hydrogen) atoms. The van der Waals surface area contributed by atoms with Gasteiger partial charge in [0.1, 0.15) is 0 Å². The smallest absolute Gasteiger partial charge is 0.244 e. The molecule has 0 amide bonds. The molecule has 0 bridgehead atoms. The van der Waals surface area contributed by atoms with Gasteiger partial charge in [-0.3, -0.25) is 0 Å². The highest BCUT2D eigenvalue weighted by atomic mass is 35.5. The zero-order chi connectivity index (χ0) is 10.1. The van der Waals surface area contributed by atoms with E-state index in [9.17, 15) is 0 Å². The lowest BCUT2D eigenvalue weighted by Gasteiger charge is -2.00. The molecular weight excluding hydrogens is 230 g/mol. The molecule has 1 aliphatic rings. The Hall–Kier alpha value is -1.33. The van der Waals surface area contributed by atoms with Crippen molar-refractivity contribution in [2.45, 2.75) is 18.9 Å². The van der Waals surface area contributed by atoms with E-state index in [-0.39, 0.29) is 18.4 Å². The minimum atomic E-state index is 0. The lowest BCUT2D eigenvalue weighted by molar-refractivity contribution is 0.344. The van der Waals surface area contributed by atoms with Gasteiger partial charge in [0, 0.05) is 0 Å². The van der Waals surface area contributed by atoms with E-state index in [2.05, 4.69) is 15.5 Å². The topological polar surface area (TPSA) is 64.1 Å². The third-order valence-electron chi connectivity index (χ3n) is 2.54. The summed E-state index contributed by atoms with van der Waals surface area (Å²) < 4.78 is 10.4. The van der Waals surface area contributed by atoms with Crippen molar-refractivity contribution >= 4 is 12.4 Å². The Labute approximate surface area is 98.6 Å². The molecular formula is C10H12ClN3O2. The van der Waals surface area contributed by atoms with E-state index in [1.807, 2.05) is 6.07 Å². The van der Waals surface area contributed by atoms with E-state index < -0.39 is 0 Å². The van der Waals surface area contributed by atoms with Gasteiger partial charge in [-0.2, -0.15) is 4.98 Å². The standard InChI is InChI=1S/C10H11N3O2.ClH/c1-3-7(11-5-1)10-12-9(13-15-10)8-4-2-6-14-8;/h2,4,6-7,11H,1,3,5H2;1H/t7-;/m0./s1. The van der Waals surface area contributed by atoms with Crippen molar-refractivity contribution in [1.82, 2.24) is 15.5 Å². The van der Waals surface area contributed by atoms with Crippen LogP contribution in [-0.4, -0.2) is 16.7 Å². The zero-order valence-corrected chi connectivity index (χ0v) is 9.37. The number of hydrogen-bond acceptors (Lipinski definition) is 5. The molecule has 0 aromatic carbocycles. The molecule has 0 aliphatic carbocycles. The van der Waals surface area contributed by atoms with Gasteiger partial charge in [-0.05, 0) is 31.5 Å². The third kappa shape index (κ3) is 1.96. The van der Waals surface area contributed by atoms with E-state index in [0.29, 0.717) is 17.5 Å². The summed E-state index contributed by atoms with van der Waals surface area (Å²) in [6.45, 7) is 1.02. The lowest BCUT2D eigenvalue weighted by Crippen LogP contribution is -2.12. The summed E-state index contributed by atoms with van der Waals surface area (Å²) >= 11 is 0. The van der Waals surface area contributed by atoms with Crippen molar-refractivity contribution in [3.8, 4) is 11.6 Å². The Bertz CT molecular complexity index is 435. The molecule has 3 heterocycles. The van der Waals surface area contributed by atoms with Gasteiger partial charge in [-0.25, -0.2) is 0 Å². The fourth-order valence-corrected chi connectivity index (χ4v) is 1.78. The molecule has 0 saturated carbocycles. The molecule has 1 aliphatic heterocycles. The number of furan rings is 1. The highest BCUT2D eigenvalue weighted by Gasteiger charge is 2.23. The molecule has 6 heteroatoms. The second kappa shape index (κ2) is 4.67. The molecule has 3 rings (SSSR count). The van der Waals surface area contributed by atoms with Crippen LogP contribution in [0.4, 0.5) is 0 Å². The van der Waals surface area contributed by atoms with Crippen LogP contribution in [0.15, 0.2) is 27.3 Å². The summed E-state index contributed by atoms with van der Waals surface area (Å²) in [4.78, 5) is 4.30. The fraction of sp³-hybridized carbons (Fsp3) is 0.400. The molecule has 0 radical (unpaired) electrons. The Morgan fingerprint density at radius 3 is 3.06 bits per heavy atom. The first kappa shape index (κ1) is 11.2. The minimum absolute atomic E-state index is 0. The van der Waals surface area contributed by atoms with Crippen molar-refractivity contribution in [2.75, 3.05) is 6.54 Å². The van der Waals surface area contributed by atoms with Crippen LogP contribution < -0.4 is 5.32 Å². The van der Waals surface area contributed by atoms with Gasteiger partial charge >= 0.3 is 0 Å². The minimum Gasteiger partial charge on any atom is -0.461 e. The van der Waals surface area contributed by atoms with Crippen molar-refractivity contribution in [1.29, 1.82) is 0 Å². The molecule has 5 nitrogen and oxygen atoms in total. The van der Waals surface area contributed by atoms with Gasteiger partial charge in [-0.1, -0.05) is 5.16 Å². The zero-order valence-electron chi connectivity index (χ0n) is 8.55. The first-order chi connectivity index (χ1) is 7.43. The number of nitrogens with one attached hydrogen (secondary N) is 1. The normalized spacial score (nSPS) is 19.6. The van der Waals surface area contributed by atoms with Crippen molar-refractivity contribution < 1.29 is 8.94 Å². The van der Waals surface area contributed by atoms with Gasteiger partial charge in [-0.15, -0.1) is 12.4 Å². The molecule has 0 spiro atoms. The second-order valence-corrected chi connectivity index (χ2v) is 3.58. The summed E-state index contributed by atoms with van der Waals surface area (Å²) in [6, 6.07) is 3.83. The maximum atomic E-state index is 5.19. The molecule has 1 N–H and O–H groups in total. The van der Waals surface area contributed by atoms with E-state index in [1.54, 1.807) is 12.3 Å². The largest absolute Gasteiger partial charge is 0.461 e. The molecule has 2 aromatic rings. The molecule has 1 atom stereocenters. The van der Waals surface area contributed by atoms with E-state index in [0.717, 1.165) is 19.4 Å². The number of rotatable bonds is 2. The van der Waals surface area contributed by atoms with Gasteiger partial charge in [0.15, 0.2) is 5.76 Å². The number of aromatic nitrogens is 2. The van der Waals surface area contributed by atoms with Crippen LogP contribution in [-0.2, 0) is 0 Å². The molecule has 2 aromatic heterocycles. The predicted octanol–water partition coefficient (Wildman–Crippen LogP) is 2.18. The number of hydrogen-bond donors (Lipinski definition) is 1. The molecule has 86 valence electrons. The maximum Gasteiger partial charge on any atom is 0.244 e. The summed E-state index contributed by atoms with van der Waals surface area (Å²) in [5.74, 6) is 1.81. The van der Waals surface area contributed by atoms with Crippen molar-refractivity contribution in [3.63, 3.8) is 0 Å². The first-order valence-electron chi connectivity index (χ1n) is 5.04. The monoisotopic (exact) mass is 241 g/mol. The quantitative estimate of drug-likeness (QED) is 0.873. The highest BCUT2D eigenvalue weighted by molar-refractivity contribution is 5.85.